The molecule has 0 radical (unpaired) electrons. The van der Waals surface area contributed by atoms with Gasteiger partial charge < -0.3 is 15.6 Å². The van der Waals surface area contributed by atoms with Gasteiger partial charge in [-0.2, -0.15) is 0 Å². The van der Waals surface area contributed by atoms with Gasteiger partial charge in [0.05, 0.1) is 0 Å². The van der Waals surface area contributed by atoms with E-state index in [0.29, 0.717) is 6.42 Å². The van der Waals surface area contributed by atoms with Crippen molar-refractivity contribution in [1.82, 2.24) is 0 Å². The predicted octanol–water partition coefficient (Wildman–Crippen LogP) is 3.94. The molecule has 0 saturated heterocycles. The molecule has 1 atom stereocenters. The average Bonchev–Trinajstić information content (AvgIpc) is 2.46. The maximum absolute atomic E-state index is 12.1. The molecule has 0 fully saturated rings. The molecule has 2 rings (SSSR count). The smallest absolute Gasteiger partial charge is 0.406 e. The summed E-state index contributed by atoms with van der Waals surface area (Å²) in [7, 11) is 0. The van der Waals surface area contributed by atoms with Gasteiger partial charge in [-0.05, 0) is 47.7 Å². The summed E-state index contributed by atoms with van der Waals surface area (Å²) in [4.78, 5) is 0. The zero-order chi connectivity index (χ0) is 17.0. The van der Waals surface area contributed by atoms with Crippen molar-refractivity contribution in [2.45, 2.75) is 25.7 Å². The molecule has 0 aliphatic rings. The predicted molar refractivity (Wildman–Crippen MR) is 81.9 cm³/mol. The number of alkyl halides is 3. The Hall–Kier alpha value is -2.05. The lowest BCUT2D eigenvalue weighted by molar-refractivity contribution is -0.274. The fourth-order valence-electron chi connectivity index (χ4n) is 2.41. The van der Waals surface area contributed by atoms with Crippen LogP contribution in [0, 0.1) is 6.92 Å². The van der Waals surface area contributed by atoms with Crippen LogP contribution in [0.5, 0.6) is 5.75 Å². The molecule has 0 saturated carbocycles. The van der Waals surface area contributed by atoms with Crippen molar-refractivity contribution in [2.75, 3.05) is 6.61 Å². The molecule has 0 aliphatic heterocycles. The zero-order valence-corrected chi connectivity index (χ0v) is 12.6. The summed E-state index contributed by atoms with van der Waals surface area (Å²) in [5.41, 5.74) is 9.56. The Kier molecular flexibility index (Phi) is 5.28. The van der Waals surface area contributed by atoms with E-state index in [1.54, 1.807) is 12.1 Å². The van der Waals surface area contributed by atoms with Crippen LogP contribution < -0.4 is 10.5 Å². The Morgan fingerprint density at radius 3 is 2.22 bits per heavy atom. The second kappa shape index (κ2) is 7.02. The molecular formula is C17H18F3NO2. The van der Waals surface area contributed by atoms with Gasteiger partial charge in [-0.1, -0.05) is 30.3 Å². The zero-order valence-electron chi connectivity index (χ0n) is 12.6. The van der Waals surface area contributed by atoms with Crippen molar-refractivity contribution in [2.24, 2.45) is 5.73 Å². The number of aliphatic hydroxyl groups is 1. The molecule has 1 unspecified atom stereocenters. The number of rotatable bonds is 5. The maximum atomic E-state index is 12.1. The minimum atomic E-state index is -4.69. The van der Waals surface area contributed by atoms with Gasteiger partial charge >= 0.3 is 6.36 Å². The molecule has 6 heteroatoms. The number of hydrogen-bond acceptors (Lipinski definition) is 3. The van der Waals surface area contributed by atoms with Crippen molar-refractivity contribution >= 4 is 0 Å². The second-order valence-electron chi connectivity index (χ2n) is 5.26. The van der Waals surface area contributed by atoms with Crippen LogP contribution >= 0.6 is 0 Å². The highest BCUT2D eigenvalue weighted by molar-refractivity contribution is 5.65. The van der Waals surface area contributed by atoms with E-state index in [4.69, 9.17) is 10.8 Å². The number of halogens is 3. The Morgan fingerprint density at radius 1 is 1.09 bits per heavy atom. The van der Waals surface area contributed by atoms with Crippen LogP contribution in [0.3, 0.4) is 0 Å². The molecule has 23 heavy (non-hydrogen) atoms. The van der Waals surface area contributed by atoms with Gasteiger partial charge in [-0.3, -0.25) is 0 Å². The summed E-state index contributed by atoms with van der Waals surface area (Å²) < 4.78 is 40.3. The van der Waals surface area contributed by atoms with E-state index in [2.05, 4.69) is 4.74 Å². The van der Waals surface area contributed by atoms with Crippen molar-refractivity contribution in [3.8, 4) is 16.9 Å². The van der Waals surface area contributed by atoms with Crippen LogP contribution in [0.4, 0.5) is 13.2 Å². The Morgan fingerprint density at radius 2 is 1.70 bits per heavy atom. The van der Waals surface area contributed by atoms with Gasteiger partial charge in [-0.15, -0.1) is 13.2 Å². The van der Waals surface area contributed by atoms with Gasteiger partial charge in [0, 0.05) is 12.6 Å². The number of benzene rings is 2. The van der Waals surface area contributed by atoms with E-state index < -0.39 is 6.36 Å². The van der Waals surface area contributed by atoms with Crippen molar-refractivity contribution in [1.29, 1.82) is 0 Å². The van der Waals surface area contributed by atoms with E-state index in [-0.39, 0.29) is 18.4 Å². The molecule has 124 valence electrons. The number of hydrogen-bond donors (Lipinski definition) is 2. The first-order valence-electron chi connectivity index (χ1n) is 7.13. The van der Waals surface area contributed by atoms with Crippen LogP contribution in [0.25, 0.3) is 11.1 Å². The molecule has 0 spiro atoms. The Balaban J connectivity index is 2.20. The second-order valence-corrected chi connectivity index (χ2v) is 5.26. The number of aliphatic hydroxyl groups excluding tert-OH is 1. The minimum absolute atomic E-state index is 0.0169. The molecule has 2 aromatic rings. The third kappa shape index (κ3) is 4.71. The normalized spacial score (nSPS) is 13.0. The van der Waals surface area contributed by atoms with Gasteiger partial charge in [-0.25, -0.2) is 0 Å². The molecule has 2 aromatic carbocycles. The van der Waals surface area contributed by atoms with E-state index in [1.807, 2.05) is 25.1 Å². The molecule has 3 nitrogen and oxygen atoms in total. The fraction of sp³-hybridized carbons (Fsp3) is 0.294. The maximum Gasteiger partial charge on any atom is 0.573 e. The Bertz CT molecular complexity index is 654. The highest BCUT2D eigenvalue weighted by Gasteiger charge is 2.30. The van der Waals surface area contributed by atoms with Crippen molar-refractivity contribution in [3.63, 3.8) is 0 Å². The molecular weight excluding hydrogens is 307 g/mol. The van der Waals surface area contributed by atoms with E-state index in [9.17, 15) is 13.2 Å². The summed E-state index contributed by atoms with van der Waals surface area (Å²) in [5.74, 6) is -0.250. The van der Waals surface area contributed by atoms with Gasteiger partial charge in [0.15, 0.2) is 0 Å². The van der Waals surface area contributed by atoms with Gasteiger partial charge in [0.1, 0.15) is 5.75 Å². The number of nitrogens with two attached hydrogens (primary N) is 1. The van der Waals surface area contributed by atoms with Gasteiger partial charge in [0.25, 0.3) is 0 Å². The molecule has 0 heterocycles. The van der Waals surface area contributed by atoms with Crippen LogP contribution in [0.1, 0.15) is 23.6 Å². The third-order valence-electron chi connectivity index (χ3n) is 3.53. The van der Waals surface area contributed by atoms with Crippen LogP contribution in [0.15, 0.2) is 42.5 Å². The summed E-state index contributed by atoms with van der Waals surface area (Å²) in [6, 6.07) is 11.1. The van der Waals surface area contributed by atoms with Crippen molar-refractivity contribution < 1.29 is 23.0 Å². The highest BCUT2D eigenvalue weighted by atomic mass is 19.4. The van der Waals surface area contributed by atoms with Crippen molar-refractivity contribution in [3.05, 3.63) is 53.6 Å². The average molecular weight is 325 g/mol. The first-order chi connectivity index (χ1) is 10.8. The fourth-order valence-corrected chi connectivity index (χ4v) is 2.41. The molecule has 0 aliphatic carbocycles. The van der Waals surface area contributed by atoms with Crippen LogP contribution in [0.2, 0.25) is 0 Å². The minimum Gasteiger partial charge on any atom is -0.406 e. The van der Waals surface area contributed by atoms with Crippen LogP contribution in [-0.2, 0) is 0 Å². The summed E-state index contributed by atoms with van der Waals surface area (Å²) in [5, 5.41) is 8.96. The highest BCUT2D eigenvalue weighted by Crippen LogP contribution is 2.29. The lowest BCUT2D eigenvalue weighted by Crippen LogP contribution is -2.16. The standard InChI is InChI=1S/C17H18F3NO2/c1-11-10-13(4-7-15(11)16(21)8-9-22)12-2-5-14(6-3-12)23-17(18,19)20/h2-7,10,16,22H,8-9,21H2,1H3. The lowest BCUT2D eigenvalue weighted by Gasteiger charge is -2.15. The number of ether oxygens (including phenoxy) is 1. The van der Waals surface area contributed by atoms with E-state index >= 15 is 0 Å². The Labute approximate surface area is 132 Å². The number of aryl methyl sites for hydroxylation is 1. The van der Waals surface area contributed by atoms with E-state index in [1.165, 1.54) is 12.1 Å². The summed E-state index contributed by atoms with van der Waals surface area (Å²) >= 11 is 0. The quantitative estimate of drug-likeness (QED) is 0.875. The lowest BCUT2D eigenvalue weighted by atomic mass is 9.95. The summed E-state index contributed by atoms with van der Waals surface area (Å²) in [6.07, 6.45) is -4.22. The third-order valence-corrected chi connectivity index (χ3v) is 3.53. The first kappa shape index (κ1) is 17.3. The van der Waals surface area contributed by atoms with Gasteiger partial charge in [0.2, 0.25) is 0 Å². The summed E-state index contributed by atoms with van der Waals surface area (Å²) in [6.45, 7) is 1.93. The molecule has 0 amide bonds. The van der Waals surface area contributed by atoms with Crippen LogP contribution in [-0.4, -0.2) is 18.1 Å². The van der Waals surface area contributed by atoms with E-state index in [0.717, 1.165) is 22.3 Å². The molecule has 0 aromatic heterocycles. The molecule has 3 N–H and O–H groups in total. The SMILES string of the molecule is Cc1cc(-c2ccc(OC(F)(F)F)cc2)ccc1C(N)CCO. The topological polar surface area (TPSA) is 55.5 Å². The first-order valence-corrected chi connectivity index (χ1v) is 7.13. The monoisotopic (exact) mass is 325 g/mol. The molecule has 0 bridgehead atoms. The largest absolute Gasteiger partial charge is 0.573 e.